The molecule has 0 aliphatic carbocycles. The molecule has 1 unspecified atom stereocenters. The molecule has 28 heavy (non-hydrogen) atoms. The van der Waals surface area contributed by atoms with Gasteiger partial charge in [0.05, 0.1) is 23.0 Å². The zero-order valence-electron chi connectivity index (χ0n) is 14.7. The van der Waals surface area contributed by atoms with Crippen LogP contribution in [0, 0.1) is 16.0 Å². The maximum atomic E-state index is 12.7. The van der Waals surface area contributed by atoms with Crippen LogP contribution in [0.2, 0.25) is 0 Å². The lowest BCUT2D eigenvalue weighted by Gasteiger charge is -2.12. The number of nitrogens with zero attached hydrogens (tertiary/aromatic N) is 1. The lowest BCUT2D eigenvalue weighted by molar-refractivity contribution is -0.384. The summed E-state index contributed by atoms with van der Waals surface area (Å²) in [5.74, 6) is -0.993. The average Bonchev–Trinajstić information content (AvgIpc) is 2.62. The average molecular weight is 398 g/mol. The number of halogens is 3. The summed E-state index contributed by atoms with van der Waals surface area (Å²) in [6.45, 7) is 1.76. The van der Waals surface area contributed by atoms with E-state index in [4.69, 9.17) is 9.84 Å². The SMILES string of the molecule is CC(CCOc1ccc(Nc2ccc(C(F)(F)F)cc2[N+](=O)[O-])cc1)C(=O)O. The first-order chi connectivity index (χ1) is 13.1. The van der Waals surface area contributed by atoms with Crippen molar-refractivity contribution in [3.63, 3.8) is 0 Å². The van der Waals surface area contributed by atoms with Crippen molar-refractivity contribution < 1.29 is 32.7 Å². The first kappa shape index (κ1) is 21.0. The monoisotopic (exact) mass is 398 g/mol. The van der Waals surface area contributed by atoms with E-state index in [9.17, 15) is 28.1 Å². The van der Waals surface area contributed by atoms with E-state index < -0.39 is 34.2 Å². The highest BCUT2D eigenvalue weighted by molar-refractivity contribution is 5.70. The minimum Gasteiger partial charge on any atom is -0.494 e. The second-order valence-electron chi connectivity index (χ2n) is 6.01. The van der Waals surface area contributed by atoms with Crippen molar-refractivity contribution in [3.05, 3.63) is 58.1 Å². The van der Waals surface area contributed by atoms with Crippen LogP contribution >= 0.6 is 0 Å². The van der Waals surface area contributed by atoms with Crippen LogP contribution in [0.1, 0.15) is 18.9 Å². The largest absolute Gasteiger partial charge is 0.494 e. The number of hydrogen-bond donors (Lipinski definition) is 2. The molecular formula is C18H17F3N2O5. The topological polar surface area (TPSA) is 102 Å². The predicted octanol–water partition coefficient (Wildman–Crippen LogP) is 4.85. The van der Waals surface area contributed by atoms with E-state index in [2.05, 4.69) is 5.32 Å². The van der Waals surface area contributed by atoms with Crippen molar-refractivity contribution >= 4 is 23.0 Å². The van der Waals surface area contributed by atoms with Crippen molar-refractivity contribution in [3.8, 4) is 5.75 Å². The van der Waals surface area contributed by atoms with Gasteiger partial charge >= 0.3 is 12.1 Å². The third-order valence-electron chi connectivity index (χ3n) is 3.90. The first-order valence-corrected chi connectivity index (χ1v) is 8.16. The number of carboxylic acid groups (broad SMARTS) is 1. The first-order valence-electron chi connectivity index (χ1n) is 8.16. The Morgan fingerprint density at radius 3 is 2.43 bits per heavy atom. The molecular weight excluding hydrogens is 381 g/mol. The van der Waals surface area contributed by atoms with Crippen molar-refractivity contribution in [1.82, 2.24) is 0 Å². The summed E-state index contributed by atoms with van der Waals surface area (Å²) < 4.78 is 43.6. The molecule has 10 heteroatoms. The van der Waals surface area contributed by atoms with Gasteiger partial charge in [0.25, 0.3) is 5.69 Å². The number of carboxylic acids is 1. The smallest absolute Gasteiger partial charge is 0.416 e. The second-order valence-corrected chi connectivity index (χ2v) is 6.01. The Morgan fingerprint density at radius 1 is 1.25 bits per heavy atom. The number of nitrogens with one attached hydrogen (secondary N) is 1. The maximum absolute atomic E-state index is 12.7. The number of nitro benzene ring substituents is 1. The molecule has 0 radical (unpaired) electrons. The zero-order chi connectivity index (χ0) is 20.9. The summed E-state index contributed by atoms with van der Waals surface area (Å²) >= 11 is 0. The van der Waals surface area contributed by atoms with Gasteiger partial charge in [0, 0.05) is 11.8 Å². The zero-order valence-corrected chi connectivity index (χ0v) is 14.7. The van der Waals surface area contributed by atoms with E-state index in [1.54, 1.807) is 19.1 Å². The fourth-order valence-corrected chi connectivity index (χ4v) is 2.23. The fraction of sp³-hybridized carbons (Fsp3) is 0.278. The van der Waals surface area contributed by atoms with E-state index in [-0.39, 0.29) is 12.3 Å². The number of aliphatic carboxylic acids is 1. The molecule has 7 nitrogen and oxygen atoms in total. The molecule has 1 atom stereocenters. The van der Waals surface area contributed by atoms with Crippen molar-refractivity contribution in [1.29, 1.82) is 0 Å². The van der Waals surface area contributed by atoms with Gasteiger partial charge in [-0.2, -0.15) is 13.2 Å². The molecule has 0 aromatic heterocycles. The van der Waals surface area contributed by atoms with Gasteiger partial charge < -0.3 is 15.2 Å². The van der Waals surface area contributed by atoms with Crippen LogP contribution < -0.4 is 10.1 Å². The van der Waals surface area contributed by atoms with Gasteiger partial charge in [-0.1, -0.05) is 6.92 Å². The van der Waals surface area contributed by atoms with Gasteiger partial charge in [-0.15, -0.1) is 0 Å². The van der Waals surface area contributed by atoms with Crippen molar-refractivity contribution in [2.75, 3.05) is 11.9 Å². The van der Waals surface area contributed by atoms with E-state index >= 15 is 0 Å². The summed E-state index contributed by atoms with van der Waals surface area (Å²) in [5.41, 5.74) is -1.47. The van der Waals surface area contributed by atoms with Gasteiger partial charge in [0.1, 0.15) is 11.4 Å². The highest BCUT2D eigenvalue weighted by Gasteiger charge is 2.33. The van der Waals surface area contributed by atoms with Crippen molar-refractivity contribution in [2.45, 2.75) is 19.5 Å². The van der Waals surface area contributed by atoms with Crippen LogP contribution in [-0.2, 0) is 11.0 Å². The van der Waals surface area contributed by atoms with Crippen LogP contribution in [0.3, 0.4) is 0 Å². The van der Waals surface area contributed by atoms with Crippen LogP contribution in [0.5, 0.6) is 5.75 Å². The highest BCUT2D eigenvalue weighted by Crippen LogP contribution is 2.36. The van der Waals surface area contributed by atoms with Gasteiger partial charge in [-0.05, 0) is 42.8 Å². The number of benzene rings is 2. The number of anilines is 2. The fourth-order valence-electron chi connectivity index (χ4n) is 2.23. The third kappa shape index (κ3) is 5.60. The van der Waals surface area contributed by atoms with E-state index in [1.165, 1.54) is 12.1 Å². The van der Waals surface area contributed by atoms with E-state index in [0.717, 1.165) is 12.1 Å². The van der Waals surface area contributed by atoms with Crippen LogP contribution in [0.15, 0.2) is 42.5 Å². The van der Waals surface area contributed by atoms with Crippen LogP contribution in [0.25, 0.3) is 0 Å². The Labute approximate surface area is 157 Å². The number of hydrogen-bond acceptors (Lipinski definition) is 5. The molecule has 0 fully saturated rings. The third-order valence-corrected chi connectivity index (χ3v) is 3.90. The number of rotatable bonds is 8. The Balaban J connectivity index is 2.07. The number of ether oxygens (including phenoxy) is 1. The standard InChI is InChI=1S/C18H17F3N2O5/c1-11(17(24)25)8-9-28-14-5-3-13(4-6-14)22-15-7-2-12(18(19,20)21)10-16(15)23(26)27/h2-7,10-11,22H,8-9H2,1H3,(H,24,25). The minimum absolute atomic E-state index is 0.0815. The molecule has 0 spiro atoms. The normalized spacial score (nSPS) is 12.3. The Kier molecular flexibility index (Phi) is 6.45. The number of carbonyl (C=O) groups is 1. The second kappa shape index (κ2) is 8.59. The molecule has 0 heterocycles. The molecule has 0 amide bonds. The molecule has 0 aliphatic rings. The molecule has 2 aromatic rings. The molecule has 0 bridgehead atoms. The van der Waals surface area contributed by atoms with Gasteiger partial charge in [0.2, 0.25) is 0 Å². The van der Waals surface area contributed by atoms with Crippen molar-refractivity contribution in [2.24, 2.45) is 5.92 Å². The number of nitro groups is 1. The highest BCUT2D eigenvalue weighted by atomic mass is 19.4. The van der Waals surface area contributed by atoms with Crippen LogP contribution in [-0.4, -0.2) is 22.6 Å². The molecule has 0 aliphatic heterocycles. The molecule has 2 N–H and O–H groups in total. The van der Waals surface area contributed by atoms with E-state index in [0.29, 0.717) is 23.9 Å². The summed E-state index contributed by atoms with van der Waals surface area (Å²) in [4.78, 5) is 20.9. The van der Waals surface area contributed by atoms with Gasteiger partial charge in [0.15, 0.2) is 0 Å². The lowest BCUT2D eigenvalue weighted by Crippen LogP contribution is -2.13. The van der Waals surface area contributed by atoms with E-state index in [1.807, 2.05) is 0 Å². The predicted molar refractivity (Wildman–Crippen MR) is 94.7 cm³/mol. The Hall–Kier alpha value is -3.30. The molecule has 150 valence electrons. The summed E-state index contributed by atoms with van der Waals surface area (Å²) in [5, 5.41) is 22.6. The van der Waals surface area contributed by atoms with Crippen LogP contribution in [0.4, 0.5) is 30.2 Å². The minimum atomic E-state index is -4.68. The molecule has 2 aromatic carbocycles. The quantitative estimate of drug-likeness (QED) is 0.487. The molecule has 0 saturated heterocycles. The summed E-state index contributed by atoms with van der Waals surface area (Å²) in [6.07, 6.45) is -4.35. The maximum Gasteiger partial charge on any atom is 0.416 e. The summed E-state index contributed by atoms with van der Waals surface area (Å²) in [6, 6.07) is 8.43. The molecule has 0 saturated carbocycles. The summed E-state index contributed by atoms with van der Waals surface area (Å²) in [7, 11) is 0. The lowest BCUT2D eigenvalue weighted by atomic mass is 10.1. The Bertz CT molecular complexity index is 853. The number of alkyl halides is 3. The van der Waals surface area contributed by atoms with Gasteiger partial charge in [-0.25, -0.2) is 0 Å². The Morgan fingerprint density at radius 2 is 1.89 bits per heavy atom. The van der Waals surface area contributed by atoms with Gasteiger partial charge in [-0.3, -0.25) is 14.9 Å². The molecule has 2 rings (SSSR count).